The summed E-state index contributed by atoms with van der Waals surface area (Å²) in [4.78, 5) is 0. The Labute approximate surface area is 124 Å². The average Bonchev–Trinajstić information content (AvgIpc) is 2.31. The lowest BCUT2D eigenvalue weighted by Gasteiger charge is -2.19. The van der Waals surface area contributed by atoms with Crippen LogP contribution < -0.4 is 11.1 Å². The van der Waals surface area contributed by atoms with Gasteiger partial charge in [0.05, 0.1) is 15.7 Å². The first-order valence-corrected chi connectivity index (χ1v) is 6.90. The third-order valence-electron chi connectivity index (χ3n) is 2.43. The summed E-state index contributed by atoms with van der Waals surface area (Å²) in [5.74, 6) is 0.165. The molecule has 1 aromatic rings. The first-order chi connectivity index (χ1) is 8.47. The fourth-order valence-corrected chi connectivity index (χ4v) is 2.79. The number of halogens is 3. The highest BCUT2D eigenvalue weighted by Crippen LogP contribution is 2.34. The van der Waals surface area contributed by atoms with E-state index >= 15 is 0 Å². The van der Waals surface area contributed by atoms with Gasteiger partial charge in [-0.25, -0.2) is 0 Å². The van der Waals surface area contributed by atoms with Crippen molar-refractivity contribution in [2.24, 2.45) is 10.9 Å². The van der Waals surface area contributed by atoms with Crippen molar-refractivity contribution in [3.63, 3.8) is 0 Å². The molecule has 0 aliphatic carbocycles. The lowest BCUT2D eigenvalue weighted by Crippen LogP contribution is -2.26. The monoisotopic (exact) mass is 353 g/mol. The summed E-state index contributed by atoms with van der Waals surface area (Å²) in [6.45, 7) is 1.99. The van der Waals surface area contributed by atoms with Gasteiger partial charge in [-0.05, 0) is 18.6 Å². The van der Waals surface area contributed by atoms with E-state index in [-0.39, 0.29) is 11.9 Å². The summed E-state index contributed by atoms with van der Waals surface area (Å²) < 4.78 is 0.813. The minimum atomic E-state index is -0.00271. The van der Waals surface area contributed by atoms with Crippen molar-refractivity contribution in [1.82, 2.24) is 0 Å². The van der Waals surface area contributed by atoms with Gasteiger partial charge in [0.2, 0.25) is 0 Å². The maximum absolute atomic E-state index is 8.57. The number of oxime groups is 1. The average molecular weight is 355 g/mol. The number of nitrogens with zero attached hydrogens (tertiary/aromatic N) is 1. The summed E-state index contributed by atoms with van der Waals surface area (Å²) in [6, 6.07) is 3.51. The topological polar surface area (TPSA) is 70.6 Å². The Bertz CT molecular complexity index is 431. The number of rotatable bonds is 5. The van der Waals surface area contributed by atoms with E-state index in [1.807, 2.05) is 6.92 Å². The van der Waals surface area contributed by atoms with Crippen molar-refractivity contribution in [2.45, 2.75) is 25.8 Å². The number of hydrogen-bond donors (Lipinski definition) is 3. The molecular weight excluding hydrogens is 341 g/mol. The Morgan fingerprint density at radius 2 is 2.06 bits per heavy atom. The van der Waals surface area contributed by atoms with Crippen LogP contribution in [0.2, 0.25) is 10.0 Å². The standard InChI is InChI=1S/C11H14BrCl2N3O/c1-2-7(5-10(15)17-18)16-11-8(13)3-6(12)4-9(11)14/h3-4,7,16,18H,2,5H2,1H3,(H2,15,17). The van der Waals surface area contributed by atoms with Crippen molar-refractivity contribution in [3.8, 4) is 0 Å². The molecule has 100 valence electrons. The molecule has 7 heteroatoms. The van der Waals surface area contributed by atoms with E-state index in [1.54, 1.807) is 12.1 Å². The summed E-state index contributed by atoms with van der Waals surface area (Å²) in [5.41, 5.74) is 6.14. The van der Waals surface area contributed by atoms with Crippen molar-refractivity contribution in [3.05, 3.63) is 26.7 Å². The molecule has 0 radical (unpaired) electrons. The van der Waals surface area contributed by atoms with E-state index in [2.05, 4.69) is 26.4 Å². The smallest absolute Gasteiger partial charge is 0.141 e. The second kappa shape index (κ2) is 7.07. The zero-order valence-corrected chi connectivity index (χ0v) is 12.8. The third-order valence-corrected chi connectivity index (χ3v) is 3.49. The molecule has 1 rings (SSSR count). The number of benzene rings is 1. The van der Waals surface area contributed by atoms with Crippen LogP contribution in [0.4, 0.5) is 5.69 Å². The maximum Gasteiger partial charge on any atom is 0.141 e. The second-order valence-electron chi connectivity index (χ2n) is 3.79. The molecule has 0 aromatic heterocycles. The van der Waals surface area contributed by atoms with Gasteiger partial charge < -0.3 is 16.3 Å². The van der Waals surface area contributed by atoms with Gasteiger partial charge in [-0.2, -0.15) is 0 Å². The highest BCUT2D eigenvalue weighted by Gasteiger charge is 2.14. The van der Waals surface area contributed by atoms with Crippen molar-refractivity contribution in [1.29, 1.82) is 0 Å². The summed E-state index contributed by atoms with van der Waals surface area (Å²) in [5, 5.41) is 15.8. The van der Waals surface area contributed by atoms with Gasteiger partial charge in [-0.3, -0.25) is 0 Å². The van der Waals surface area contributed by atoms with Crippen molar-refractivity contribution >= 4 is 50.7 Å². The van der Waals surface area contributed by atoms with Crippen LogP contribution in [-0.4, -0.2) is 17.1 Å². The zero-order valence-electron chi connectivity index (χ0n) is 9.75. The van der Waals surface area contributed by atoms with E-state index in [0.717, 1.165) is 10.9 Å². The van der Waals surface area contributed by atoms with Crippen LogP contribution in [0.15, 0.2) is 21.8 Å². The molecule has 0 spiro atoms. The van der Waals surface area contributed by atoms with E-state index in [0.29, 0.717) is 22.2 Å². The van der Waals surface area contributed by atoms with Crippen LogP contribution >= 0.6 is 39.1 Å². The number of nitrogens with one attached hydrogen (secondary N) is 1. The Balaban J connectivity index is 2.88. The van der Waals surface area contributed by atoms with Crippen LogP contribution in [0.3, 0.4) is 0 Å². The van der Waals surface area contributed by atoms with Gasteiger partial charge >= 0.3 is 0 Å². The Kier molecular flexibility index (Phi) is 6.05. The van der Waals surface area contributed by atoms with Gasteiger partial charge in [0, 0.05) is 16.9 Å². The molecule has 4 N–H and O–H groups in total. The molecule has 4 nitrogen and oxygen atoms in total. The summed E-state index contributed by atoms with van der Waals surface area (Å²) in [6.07, 6.45) is 1.20. The number of amidine groups is 1. The summed E-state index contributed by atoms with van der Waals surface area (Å²) in [7, 11) is 0. The Morgan fingerprint density at radius 1 is 1.50 bits per heavy atom. The first kappa shape index (κ1) is 15.4. The fraction of sp³-hybridized carbons (Fsp3) is 0.364. The largest absolute Gasteiger partial charge is 0.409 e. The van der Waals surface area contributed by atoms with Crippen LogP contribution in [0.1, 0.15) is 19.8 Å². The van der Waals surface area contributed by atoms with E-state index < -0.39 is 0 Å². The van der Waals surface area contributed by atoms with Gasteiger partial charge in [-0.15, -0.1) is 0 Å². The van der Waals surface area contributed by atoms with Crippen LogP contribution in [-0.2, 0) is 0 Å². The highest BCUT2D eigenvalue weighted by atomic mass is 79.9. The fourth-order valence-electron chi connectivity index (χ4n) is 1.47. The SMILES string of the molecule is CCC(C/C(N)=N/O)Nc1c(Cl)cc(Br)cc1Cl. The Hall–Kier alpha value is -0.650. The summed E-state index contributed by atoms with van der Waals surface area (Å²) >= 11 is 15.5. The third kappa shape index (κ3) is 4.23. The second-order valence-corrected chi connectivity index (χ2v) is 5.52. The molecule has 1 unspecified atom stereocenters. The van der Waals surface area contributed by atoms with Crippen molar-refractivity contribution in [2.75, 3.05) is 5.32 Å². The first-order valence-electron chi connectivity index (χ1n) is 5.35. The number of hydrogen-bond acceptors (Lipinski definition) is 3. The quantitative estimate of drug-likeness (QED) is 0.323. The highest BCUT2D eigenvalue weighted by molar-refractivity contribution is 9.10. The zero-order chi connectivity index (χ0) is 13.7. The van der Waals surface area contributed by atoms with Crippen LogP contribution in [0.5, 0.6) is 0 Å². The van der Waals surface area contributed by atoms with Crippen LogP contribution in [0.25, 0.3) is 0 Å². The van der Waals surface area contributed by atoms with E-state index in [4.69, 9.17) is 34.1 Å². The van der Waals surface area contributed by atoms with Gasteiger partial charge in [0.15, 0.2) is 0 Å². The van der Waals surface area contributed by atoms with Gasteiger partial charge in [0.25, 0.3) is 0 Å². The number of nitrogens with two attached hydrogens (primary N) is 1. The lowest BCUT2D eigenvalue weighted by atomic mass is 10.1. The van der Waals surface area contributed by atoms with Gasteiger partial charge in [-0.1, -0.05) is 51.2 Å². The predicted octanol–water partition coefficient (Wildman–Crippen LogP) is 4.08. The molecule has 0 aliphatic rings. The molecule has 0 heterocycles. The molecular formula is C11H14BrCl2N3O. The van der Waals surface area contributed by atoms with E-state index in [9.17, 15) is 0 Å². The molecule has 1 atom stereocenters. The Morgan fingerprint density at radius 3 is 2.50 bits per heavy atom. The molecule has 0 fully saturated rings. The molecule has 0 saturated carbocycles. The molecule has 0 bridgehead atoms. The van der Waals surface area contributed by atoms with Crippen LogP contribution in [0, 0.1) is 0 Å². The number of anilines is 1. The molecule has 18 heavy (non-hydrogen) atoms. The van der Waals surface area contributed by atoms with Crippen molar-refractivity contribution < 1.29 is 5.21 Å². The molecule has 0 amide bonds. The lowest BCUT2D eigenvalue weighted by molar-refractivity contribution is 0.316. The minimum Gasteiger partial charge on any atom is -0.409 e. The minimum absolute atomic E-state index is 0.00271. The normalized spacial score (nSPS) is 13.4. The molecule has 1 aromatic carbocycles. The maximum atomic E-state index is 8.57. The predicted molar refractivity (Wildman–Crippen MR) is 79.9 cm³/mol. The molecule has 0 saturated heterocycles. The molecule has 0 aliphatic heterocycles. The van der Waals surface area contributed by atoms with Gasteiger partial charge in [0.1, 0.15) is 5.84 Å². The van der Waals surface area contributed by atoms with E-state index in [1.165, 1.54) is 0 Å².